The van der Waals surface area contributed by atoms with Crippen LogP contribution in [-0.4, -0.2) is 5.91 Å². The van der Waals surface area contributed by atoms with E-state index in [1.807, 2.05) is 17.5 Å². The number of benzene rings is 1. The quantitative estimate of drug-likeness (QED) is 0.831. The minimum atomic E-state index is -0.0234. The summed E-state index contributed by atoms with van der Waals surface area (Å²) < 4.78 is 0. The standard InChI is InChI=1S/C17H18ClNOS/c1-2-11-6-7-14-15(10-21-16(14)8-11)17(20)19-13-5-3-4-12(18)9-13/h3-5,9-11H,2,6-8H2,1H3,(H,19,20). The molecule has 1 aromatic carbocycles. The van der Waals surface area contributed by atoms with Gasteiger partial charge < -0.3 is 5.32 Å². The molecule has 0 fully saturated rings. The number of hydrogen-bond acceptors (Lipinski definition) is 2. The Bertz CT molecular complexity index is 665. The highest BCUT2D eigenvalue weighted by molar-refractivity contribution is 7.10. The molecule has 1 N–H and O–H groups in total. The highest BCUT2D eigenvalue weighted by atomic mass is 35.5. The molecule has 21 heavy (non-hydrogen) atoms. The zero-order valence-corrected chi connectivity index (χ0v) is 13.6. The van der Waals surface area contributed by atoms with Crippen LogP contribution in [0.25, 0.3) is 0 Å². The second-order valence-corrected chi connectivity index (χ2v) is 6.93. The lowest BCUT2D eigenvalue weighted by Gasteiger charge is -2.21. The van der Waals surface area contributed by atoms with Gasteiger partial charge in [-0.15, -0.1) is 11.3 Å². The van der Waals surface area contributed by atoms with Crippen molar-refractivity contribution in [3.63, 3.8) is 0 Å². The molecule has 3 rings (SSSR count). The third-order valence-electron chi connectivity index (χ3n) is 4.16. The number of amides is 1. The van der Waals surface area contributed by atoms with Crippen LogP contribution >= 0.6 is 22.9 Å². The van der Waals surface area contributed by atoms with E-state index in [-0.39, 0.29) is 5.91 Å². The number of hydrogen-bond donors (Lipinski definition) is 1. The van der Waals surface area contributed by atoms with Crippen LogP contribution in [0, 0.1) is 5.92 Å². The summed E-state index contributed by atoms with van der Waals surface area (Å²) in [6, 6.07) is 7.27. The summed E-state index contributed by atoms with van der Waals surface area (Å²) in [5.41, 5.74) is 2.84. The molecule has 1 unspecified atom stereocenters. The lowest BCUT2D eigenvalue weighted by atomic mass is 9.86. The first-order chi connectivity index (χ1) is 10.2. The van der Waals surface area contributed by atoms with Gasteiger partial charge in [0, 0.05) is 21.0 Å². The molecule has 110 valence electrons. The second-order valence-electron chi connectivity index (χ2n) is 5.53. The highest BCUT2D eigenvalue weighted by Crippen LogP contribution is 2.34. The van der Waals surface area contributed by atoms with Gasteiger partial charge in [0.15, 0.2) is 0 Å². The van der Waals surface area contributed by atoms with Gasteiger partial charge in [0.05, 0.1) is 5.56 Å². The lowest BCUT2D eigenvalue weighted by Crippen LogP contribution is -2.17. The van der Waals surface area contributed by atoms with Gasteiger partial charge >= 0.3 is 0 Å². The Labute approximate surface area is 134 Å². The van der Waals surface area contributed by atoms with Crippen molar-refractivity contribution in [2.24, 2.45) is 5.92 Å². The van der Waals surface area contributed by atoms with E-state index >= 15 is 0 Å². The van der Waals surface area contributed by atoms with Crippen molar-refractivity contribution >= 4 is 34.5 Å². The summed E-state index contributed by atoms with van der Waals surface area (Å²) in [5, 5.41) is 5.58. The van der Waals surface area contributed by atoms with Gasteiger partial charge in [-0.1, -0.05) is 31.0 Å². The molecular formula is C17H18ClNOS. The third kappa shape index (κ3) is 3.14. The van der Waals surface area contributed by atoms with Crippen LogP contribution in [-0.2, 0) is 12.8 Å². The lowest BCUT2D eigenvalue weighted by molar-refractivity contribution is 0.102. The van der Waals surface area contributed by atoms with E-state index in [2.05, 4.69) is 12.2 Å². The van der Waals surface area contributed by atoms with Crippen molar-refractivity contribution < 1.29 is 4.79 Å². The van der Waals surface area contributed by atoms with Crippen LogP contribution in [0.1, 0.15) is 40.6 Å². The van der Waals surface area contributed by atoms with Crippen molar-refractivity contribution in [2.45, 2.75) is 32.6 Å². The summed E-state index contributed by atoms with van der Waals surface area (Å²) in [4.78, 5) is 13.9. The average Bonchev–Trinajstić information content (AvgIpc) is 2.90. The minimum Gasteiger partial charge on any atom is -0.322 e. The molecule has 1 amide bonds. The van der Waals surface area contributed by atoms with Crippen molar-refractivity contribution in [2.75, 3.05) is 5.32 Å². The van der Waals surface area contributed by atoms with Crippen LogP contribution < -0.4 is 5.32 Å². The first kappa shape index (κ1) is 14.6. The summed E-state index contributed by atoms with van der Waals surface area (Å²) >= 11 is 7.68. The summed E-state index contributed by atoms with van der Waals surface area (Å²) in [7, 11) is 0. The molecule has 1 aliphatic rings. The average molecular weight is 320 g/mol. The molecule has 1 aliphatic carbocycles. The number of carbonyl (C=O) groups excluding carboxylic acids is 1. The number of carbonyl (C=O) groups is 1. The van der Waals surface area contributed by atoms with Crippen LogP contribution in [0.5, 0.6) is 0 Å². The summed E-state index contributed by atoms with van der Waals surface area (Å²) in [5.74, 6) is 0.754. The number of nitrogens with one attached hydrogen (secondary N) is 1. The van der Waals surface area contributed by atoms with E-state index in [1.54, 1.807) is 23.5 Å². The predicted molar refractivity (Wildman–Crippen MR) is 89.5 cm³/mol. The Morgan fingerprint density at radius 1 is 1.48 bits per heavy atom. The van der Waals surface area contributed by atoms with Crippen LogP contribution in [0.2, 0.25) is 5.02 Å². The van der Waals surface area contributed by atoms with Gasteiger partial charge in [-0.2, -0.15) is 0 Å². The maximum Gasteiger partial charge on any atom is 0.256 e. The first-order valence-electron chi connectivity index (χ1n) is 7.33. The zero-order chi connectivity index (χ0) is 14.8. The van der Waals surface area contributed by atoms with E-state index in [0.717, 1.165) is 30.0 Å². The number of thiophene rings is 1. The zero-order valence-electron chi connectivity index (χ0n) is 12.0. The summed E-state index contributed by atoms with van der Waals surface area (Å²) in [6.07, 6.45) is 4.57. The van der Waals surface area contributed by atoms with E-state index < -0.39 is 0 Å². The molecule has 0 spiro atoms. The largest absolute Gasteiger partial charge is 0.322 e. The molecule has 0 bridgehead atoms. The molecule has 0 radical (unpaired) electrons. The Balaban J connectivity index is 1.79. The van der Waals surface area contributed by atoms with Gasteiger partial charge in [-0.25, -0.2) is 0 Å². The monoisotopic (exact) mass is 319 g/mol. The van der Waals surface area contributed by atoms with E-state index in [0.29, 0.717) is 5.02 Å². The smallest absolute Gasteiger partial charge is 0.256 e. The fraction of sp³-hybridized carbons (Fsp3) is 0.353. The molecule has 2 nitrogen and oxygen atoms in total. The molecule has 4 heteroatoms. The topological polar surface area (TPSA) is 29.1 Å². The van der Waals surface area contributed by atoms with E-state index in [9.17, 15) is 4.79 Å². The first-order valence-corrected chi connectivity index (χ1v) is 8.59. The highest BCUT2D eigenvalue weighted by Gasteiger charge is 2.24. The Hall–Kier alpha value is -1.32. The predicted octanol–water partition coefficient (Wildman–Crippen LogP) is 5.17. The Kier molecular flexibility index (Phi) is 4.32. The van der Waals surface area contributed by atoms with Gasteiger partial charge in [0.1, 0.15) is 0 Å². The van der Waals surface area contributed by atoms with Gasteiger partial charge in [-0.05, 0) is 48.9 Å². The maximum absolute atomic E-state index is 12.5. The summed E-state index contributed by atoms with van der Waals surface area (Å²) in [6.45, 7) is 2.25. The molecule has 0 aliphatic heterocycles. The van der Waals surface area contributed by atoms with Crippen LogP contribution in [0.4, 0.5) is 5.69 Å². The number of anilines is 1. The number of halogens is 1. The Morgan fingerprint density at radius 2 is 2.33 bits per heavy atom. The molecule has 0 saturated heterocycles. The molecule has 2 aromatic rings. The molecule has 1 aromatic heterocycles. The van der Waals surface area contributed by atoms with Gasteiger partial charge in [-0.3, -0.25) is 4.79 Å². The molecule has 1 atom stereocenters. The minimum absolute atomic E-state index is 0.0234. The van der Waals surface area contributed by atoms with Gasteiger partial charge in [0.25, 0.3) is 5.91 Å². The van der Waals surface area contributed by atoms with E-state index in [1.165, 1.54) is 23.3 Å². The van der Waals surface area contributed by atoms with Gasteiger partial charge in [0.2, 0.25) is 0 Å². The Morgan fingerprint density at radius 3 is 3.10 bits per heavy atom. The normalized spacial score (nSPS) is 17.3. The second kappa shape index (κ2) is 6.20. The van der Waals surface area contributed by atoms with Crippen molar-refractivity contribution in [3.8, 4) is 0 Å². The molecule has 1 heterocycles. The van der Waals surface area contributed by atoms with Crippen LogP contribution in [0.3, 0.4) is 0 Å². The van der Waals surface area contributed by atoms with Crippen LogP contribution in [0.15, 0.2) is 29.6 Å². The third-order valence-corrected chi connectivity index (χ3v) is 5.45. The van der Waals surface area contributed by atoms with Crippen molar-refractivity contribution in [1.29, 1.82) is 0 Å². The molecular weight excluding hydrogens is 302 g/mol. The fourth-order valence-corrected chi connectivity index (χ4v) is 4.27. The number of fused-ring (bicyclic) bond motifs is 1. The maximum atomic E-state index is 12.5. The SMILES string of the molecule is CCC1CCc2c(C(=O)Nc3cccc(Cl)c3)csc2C1. The van der Waals surface area contributed by atoms with Crippen molar-refractivity contribution in [1.82, 2.24) is 0 Å². The number of rotatable bonds is 3. The van der Waals surface area contributed by atoms with E-state index in [4.69, 9.17) is 11.6 Å². The molecule has 0 saturated carbocycles. The van der Waals surface area contributed by atoms with Crippen molar-refractivity contribution in [3.05, 3.63) is 50.7 Å². The fourth-order valence-electron chi connectivity index (χ4n) is 2.88.